The number of hydrogen-bond donors (Lipinski definition) is 7. The Balaban J connectivity index is 1.76. The minimum Gasteiger partial charge on any atom is -0.489 e. The molecule has 1 aromatic rings. The number of β-lactam (4-membered cyclic amide) rings is 1. The largest absolute Gasteiger partial charge is 0.489 e. The maximum absolute atomic E-state index is 13.2. The number of amides is 2. The van der Waals surface area contributed by atoms with Gasteiger partial charge in [0.15, 0.2) is 10.8 Å². The van der Waals surface area contributed by atoms with Gasteiger partial charge in [0.25, 0.3) is 17.9 Å². The van der Waals surface area contributed by atoms with Crippen LogP contribution in [0.15, 0.2) is 51.3 Å². The molecule has 21 heteroatoms. The number of nitrogens with zero attached hydrogens (tertiary/aromatic N) is 4. The second-order valence-electron chi connectivity index (χ2n) is 9.84. The fourth-order valence-corrected chi connectivity index (χ4v) is 4.79. The number of allylic oxidation sites excluding steroid dienone is 4. The normalized spacial score (nSPS) is 21.2. The van der Waals surface area contributed by atoms with Crippen LogP contribution < -0.4 is 22.1 Å². The molecule has 0 unspecified atom stereocenters. The molecule has 9 N–H and O–H groups in total. The number of ether oxygens (including phenoxy) is 1. The van der Waals surface area contributed by atoms with Gasteiger partial charge in [-0.15, -0.1) is 15.6 Å². The molecule has 1 saturated heterocycles. The predicted molar refractivity (Wildman–Crippen MR) is 159 cm³/mol. The number of hydrogen-bond acceptors (Lipinski definition) is 16. The van der Waals surface area contributed by atoms with Crippen LogP contribution in [0, 0.1) is 0 Å². The van der Waals surface area contributed by atoms with E-state index in [4.69, 9.17) is 25.6 Å². The summed E-state index contributed by atoms with van der Waals surface area (Å²) in [5.41, 5.74) is 10.1. The maximum atomic E-state index is 13.2. The Morgan fingerprint density at radius 3 is 2.60 bits per heavy atom. The van der Waals surface area contributed by atoms with Crippen molar-refractivity contribution < 1.29 is 51.4 Å². The summed E-state index contributed by atoms with van der Waals surface area (Å²) >= 11 is 0.940. The summed E-state index contributed by atoms with van der Waals surface area (Å²) in [5.74, 6) is -3.31. The molecule has 1 aliphatic carbocycles. The molecule has 0 bridgehead atoms. The van der Waals surface area contributed by atoms with Gasteiger partial charge in [-0.25, -0.2) is 9.78 Å². The number of anilines is 1. The third-order valence-corrected chi connectivity index (χ3v) is 7.18. The van der Waals surface area contributed by atoms with E-state index in [1.54, 1.807) is 31.5 Å². The van der Waals surface area contributed by atoms with Crippen LogP contribution in [-0.4, -0.2) is 113 Å². The monoisotopic (exact) mass is 672 g/mol. The van der Waals surface area contributed by atoms with Gasteiger partial charge in [-0.2, -0.15) is 13.5 Å². The Labute approximate surface area is 260 Å². The number of rotatable bonds is 15. The van der Waals surface area contributed by atoms with Crippen LogP contribution >= 0.6 is 11.3 Å². The Bertz CT molecular complexity index is 1570. The van der Waals surface area contributed by atoms with Crippen LogP contribution in [0.2, 0.25) is 0 Å². The number of hydroxylamine groups is 2. The molecule has 1 aliphatic heterocycles. The summed E-state index contributed by atoms with van der Waals surface area (Å²) in [6.45, 7) is 2.38. The molecule has 0 spiro atoms. The van der Waals surface area contributed by atoms with Gasteiger partial charge < -0.3 is 41.9 Å². The molecule has 1 aromatic heterocycles. The van der Waals surface area contributed by atoms with Crippen molar-refractivity contribution >= 4 is 56.1 Å². The van der Waals surface area contributed by atoms with Crippen molar-refractivity contribution in [2.45, 2.75) is 37.6 Å². The number of carboxylic acid groups (broad SMARTS) is 1. The number of carboxylic acids is 1. The number of oxime groups is 1. The highest BCUT2D eigenvalue weighted by atomic mass is 32.3. The van der Waals surface area contributed by atoms with E-state index in [-0.39, 0.29) is 29.7 Å². The first-order chi connectivity index (χ1) is 21.1. The molecule has 0 radical (unpaired) electrons. The summed E-state index contributed by atoms with van der Waals surface area (Å²) in [4.78, 5) is 50.9. The lowest BCUT2D eigenvalue weighted by molar-refractivity contribution is -0.218. The molecule has 19 nitrogen and oxygen atoms in total. The van der Waals surface area contributed by atoms with Crippen LogP contribution in [0.3, 0.4) is 0 Å². The summed E-state index contributed by atoms with van der Waals surface area (Å²) < 4.78 is 40.9. The van der Waals surface area contributed by atoms with Crippen molar-refractivity contribution in [3.63, 3.8) is 0 Å². The number of aromatic nitrogens is 1. The molecule has 2 heterocycles. The smallest absolute Gasteiger partial charge is 0.418 e. The van der Waals surface area contributed by atoms with E-state index in [1.807, 2.05) is 0 Å². The number of nitrogens with one attached hydrogen (secondary N) is 2. The fourth-order valence-electron chi connectivity index (χ4n) is 3.79. The Morgan fingerprint density at radius 2 is 2.04 bits per heavy atom. The van der Waals surface area contributed by atoms with Crippen LogP contribution in [0.4, 0.5) is 5.13 Å². The Kier molecular flexibility index (Phi) is 11.4. The molecule has 0 saturated carbocycles. The lowest BCUT2D eigenvalue weighted by Crippen LogP contribution is -2.76. The first kappa shape index (κ1) is 35.1. The van der Waals surface area contributed by atoms with Crippen LogP contribution in [0.1, 0.15) is 19.5 Å². The first-order valence-electron chi connectivity index (χ1n) is 12.9. The zero-order valence-corrected chi connectivity index (χ0v) is 25.7. The van der Waals surface area contributed by atoms with Crippen LogP contribution in [0.5, 0.6) is 0 Å². The van der Waals surface area contributed by atoms with Gasteiger partial charge in [-0.1, -0.05) is 5.16 Å². The van der Waals surface area contributed by atoms with E-state index in [1.165, 1.54) is 19.2 Å². The summed E-state index contributed by atoms with van der Waals surface area (Å²) in [6.07, 6.45) is 3.81. The number of aliphatic carboxylic acids is 1. The average Bonchev–Trinajstić information content (AvgIpc) is 3.40. The van der Waals surface area contributed by atoms with E-state index < -0.39 is 64.3 Å². The molecule has 2 amide bonds. The summed E-state index contributed by atoms with van der Waals surface area (Å²) in [5, 5.41) is 30.0. The van der Waals surface area contributed by atoms with Crippen molar-refractivity contribution in [3.8, 4) is 0 Å². The highest BCUT2D eigenvalue weighted by molar-refractivity contribution is 7.80. The second-order valence-corrected chi connectivity index (χ2v) is 11.7. The Morgan fingerprint density at radius 1 is 1.33 bits per heavy atom. The highest BCUT2D eigenvalue weighted by Crippen LogP contribution is 2.33. The number of carbonyl (C=O) groups excluding carboxylic acids is 2. The zero-order valence-electron chi connectivity index (χ0n) is 24.1. The Hall–Kier alpha value is -4.41. The molecule has 3 atom stereocenters. The van der Waals surface area contributed by atoms with Crippen molar-refractivity contribution in [2.24, 2.45) is 15.9 Å². The third kappa shape index (κ3) is 9.06. The molecule has 1 fully saturated rings. The third-order valence-electron chi connectivity index (χ3n) is 6.17. The number of nitrogens with two attached hydrogens (primary N) is 2. The molecule has 0 aromatic carbocycles. The van der Waals surface area contributed by atoms with Gasteiger partial charge in [-0.3, -0.25) is 19.1 Å². The summed E-state index contributed by atoms with van der Waals surface area (Å²) in [6, 6.07) is -1.34. The molecule has 246 valence electrons. The van der Waals surface area contributed by atoms with E-state index >= 15 is 0 Å². The number of aliphatic hydroxyl groups excluding tert-OH is 1. The van der Waals surface area contributed by atoms with Gasteiger partial charge in [0.05, 0.1) is 17.4 Å². The lowest BCUT2D eigenvalue weighted by atomic mass is 9.84. The molecule has 45 heavy (non-hydrogen) atoms. The van der Waals surface area contributed by atoms with Crippen LogP contribution in [0.25, 0.3) is 0 Å². The van der Waals surface area contributed by atoms with E-state index in [9.17, 15) is 33.0 Å². The van der Waals surface area contributed by atoms with Crippen molar-refractivity contribution in [3.05, 3.63) is 46.8 Å². The number of aliphatic hydroxyl groups is 1. The first-order valence-corrected chi connectivity index (χ1v) is 15.1. The standard InChI is InChI=1S/C24H32N8O11S2/c1-24(2)19(21(35)32(24)43-45(38,39)40)30-20(34)18(16-11-44-23(26)29-16)31-42-17(22(36)37)10-41-14-4-5-15(27-3)12(6-14)8-28-9-13(33)7-25/h4-6,8,11,13,17,19,28,33H,7,9-10,25H2,1-3H3,(H2,26,29)(H,30,34)(H,36,37)(H,38,39,40)/b12-8-,27-15+,31-18-/t13-,17+,19-/m1/s1. The van der Waals surface area contributed by atoms with Crippen LogP contribution in [-0.2, 0) is 38.6 Å². The summed E-state index contributed by atoms with van der Waals surface area (Å²) in [7, 11) is -3.45. The van der Waals surface area contributed by atoms with Gasteiger partial charge in [0.2, 0.25) is 0 Å². The quantitative estimate of drug-likeness (QED) is 0.0462. The topological polar surface area (TPSA) is 291 Å². The van der Waals surface area contributed by atoms with Gasteiger partial charge in [0, 0.05) is 37.3 Å². The van der Waals surface area contributed by atoms with Gasteiger partial charge in [-0.05, 0) is 32.1 Å². The number of thiazole rings is 1. The van der Waals surface area contributed by atoms with Crippen molar-refractivity contribution in [1.82, 2.24) is 20.7 Å². The van der Waals surface area contributed by atoms with E-state index in [2.05, 4.69) is 30.0 Å². The fraction of sp³-hybridized carbons (Fsp3) is 0.417. The number of aliphatic imine (C=N–C) groups is 1. The van der Waals surface area contributed by atoms with E-state index in [0.29, 0.717) is 16.3 Å². The highest BCUT2D eigenvalue weighted by Gasteiger charge is 2.58. The van der Waals surface area contributed by atoms with Crippen molar-refractivity contribution in [2.75, 3.05) is 32.5 Å². The minimum atomic E-state index is -5.03. The number of carbonyl (C=O) groups is 3. The average molecular weight is 673 g/mol. The lowest BCUT2D eigenvalue weighted by Gasteiger charge is -2.50. The van der Waals surface area contributed by atoms with Gasteiger partial charge in [0.1, 0.15) is 24.1 Å². The molecular formula is C24H32N8O11S2. The van der Waals surface area contributed by atoms with E-state index in [0.717, 1.165) is 11.3 Å². The predicted octanol–water partition coefficient (Wildman–Crippen LogP) is -1.93. The molecular weight excluding hydrogens is 640 g/mol. The van der Waals surface area contributed by atoms with Crippen molar-refractivity contribution in [1.29, 1.82) is 0 Å². The number of nitrogen functional groups attached to an aromatic ring is 1. The SMILES string of the molecule is C/N=C1\C=CC(OC[C@H](O/N=C(\C(=O)N[C@@H]2C(=O)N(OS(=O)(=O)O)C2(C)C)c2csc(N)n2)C(=O)O)=C\C1=C\NC[C@H](O)CN. The molecule has 2 aliphatic rings. The van der Waals surface area contributed by atoms with Gasteiger partial charge >= 0.3 is 16.4 Å². The zero-order chi connectivity index (χ0) is 33.5. The minimum absolute atomic E-state index is 0.0401. The second kappa shape index (κ2) is 14.6. The molecule has 3 rings (SSSR count). The maximum Gasteiger partial charge on any atom is 0.418 e.